The molecule has 3 rings (SSSR count). The van der Waals surface area contributed by atoms with Gasteiger partial charge in [0.05, 0.1) is 24.8 Å². The number of aromatic nitrogens is 1. The molecule has 0 aliphatic heterocycles. The van der Waals surface area contributed by atoms with Gasteiger partial charge in [-0.25, -0.2) is 13.8 Å². The van der Waals surface area contributed by atoms with Crippen LogP contribution >= 0.6 is 11.6 Å². The lowest BCUT2D eigenvalue weighted by molar-refractivity contribution is -0.119. The van der Waals surface area contributed by atoms with Crippen LogP contribution in [0.2, 0.25) is 5.02 Å². The third kappa shape index (κ3) is 6.18. The van der Waals surface area contributed by atoms with Crippen LogP contribution in [0.15, 0.2) is 59.7 Å². The van der Waals surface area contributed by atoms with Gasteiger partial charge in [0, 0.05) is 27.7 Å². The van der Waals surface area contributed by atoms with E-state index < -0.39 is 22.5 Å². The second kappa shape index (κ2) is 10.8. The predicted octanol–water partition coefficient (Wildman–Crippen LogP) is 4.06. The average molecular weight is 503 g/mol. The molecule has 1 N–H and O–H groups in total. The third-order valence-electron chi connectivity index (χ3n) is 5.05. The van der Waals surface area contributed by atoms with E-state index in [0.717, 1.165) is 33.2 Å². The number of nitrogens with one attached hydrogen (secondary N) is 1. The van der Waals surface area contributed by atoms with E-state index in [1.54, 1.807) is 24.3 Å². The summed E-state index contributed by atoms with van der Waals surface area (Å²) in [6.07, 6.45) is 2.58. The zero-order valence-electron chi connectivity index (χ0n) is 19.4. The molecule has 0 bridgehead atoms. The Bertz CT molecular complexity index is 1300. The zero-order valence-corrected chi connectivity index (χ0v) is 21.0. The molecule has 180 valence electrons. The summed E-state index contributed by atoms with van der Waals surface area (Å²) in [5.41, 5.74) is 6.40. The van der Waals surface area contributed by atoms with Crippen molar-refractivity contribution in [2.45, 2.75) is 20.8 Å². The van der Waals surface area contributed by atoms with E-state index in [-0.39, 0.29) is 0 Å². The van der Waals surface area contributed by atoms with E-state index in [1.807, 2.05) is 55.7 Å². The SMILES string of the molecule is CCOc1ccc(N(CC(=O)N/N=C\c2cc(C)n(-c3cccc(Cl)c3)c2C)S(C)(=O)=O)cc1. The number of carbonyl (C=O) groups is 1. The highest BCUT2D eigenvalue weighted by molar-refractivity contribution is 7.92. The van der Waals surface area contributed by atoms with E-state index >= 15 is 0 Å². The molecular weight excluding hydrogens is 476 g/mol. The minimum Gasteiger partial charge on any atom is -0.494 e. The van der Waals surface area contributed by atoms with Crippen molar-refractivity contribution in [2.24, 2.45) is 5.10 Å². The summed E-state index contributed by atoms with van der Waals surface area (Å²) >= 11 is 6.12. The molecule has 2 aromatic carbocycles. The number of hydrogen-bond donors (Lipinski definition) is 1. The molecule has 0 saturated heterocycles. The van der Waals surface area contributed by atoms with Crippen LogP contribution in [0.1, 0.15) is 23.9 Å². The van der Waals surface area contributed by atoms with Crippen LogP contribution in [-0.2, 0) is 14.8 Å². The van der Waals surface area contributed by atoms with E-state index in [9.17, 15) is 13.2 Å². The standard InChI is InChI=1S/C24H27ClN4O4S/c1-5-33-23-11-9-21(10-12-23)28(34(4,31)32)16-24(30)27-26-15-19-13-17(2)29(18(19)3)22-8-6-7-20(25)14-22/h6-15H,5,16H2,1-4H3,(H,27,30)/b26-15-. The summed E-state index contributed by atoms with van der Waals surface area (Å²) in [5, 5.41) is 4.66. The zero-order chi connectivity index (χ0) is 24.9. The molecule has 34 heavy (non-hydrogen) atoms. The molecule has 0 radical (unpaired) electrons. The second-order valence-electron chi connectivity index (χ2n) is 7.63. The fourth-order valence-corrected chi connectivity index (χ4v) is 4.59. The summed E-state index contributed by atoms with van der Waals surface area (Å²) in [7, 11) is -3.69. The van der Waals surface area contributed by atoms with E-state index in [0.29, 0.717) is 23.1 Å². The van der Waals surface area contributed by atoms with Gasteiger partial charge in [-0.3, -0.25) is 9.10 Å². The van der Waals surface area contributed by atoms with E-state index in [2.05, 4.69) is 10.5 Å². The first-order valence-electron chi connectivity index (χ1n) is 10.6. The van der Waals surface area contributed by atoms with Crippen molar-refractivity contribution in [3.63, 3.8) is 0 Å². The quantitative estimate of drug-likeness (QED) is 0.352. The minimum atomic E-state index is -3.69. The van der Waals surface area contributed by atoms with Gasteiger partial charge >= 0.3 is 0 Å². The van der Waals surface area contributed by atoms with Crippen LogP contribution in [0.4, 0.5) is 5.69 Å². The van der Waals surface area contributed by atoms with Crippen molar-refractivity contribution >= 4 is 39.4 Å². The largest absolute Gasteiger partial charge is 0.494 e. The van der Waals surface area contributed by atoms with E-state index in [1.165, 1.54) is 6.21 Å². The molecule has 0 atom stereocenters. The number of hydrazone groups is 1. The van der Waals surface area contributed by atoms with Crippen molar-refractivity contribution in [1.82, 2.24) is 9.99 Å². The number of halogens is 1. The first-order chi connectivity index (χ1) is 16.1. The van der Waals surface area contributed by atoms with Crippen LogP contribution in [0.5, 0.6) is 5.75 Å². The van der Waals surface area contributed by atoms with Crippen LogP contribution in [0.25, 0.3) is 5.69 Å². The molecule has 3 aromatic rings. The molecule has 8 nitrogen and oxygen atoms in total. The Kier molecular flexibility index (Phi) is 8.01. The van der Waals surface area contributed by atoms with Gasteiger partial charge in [-0.2, -0.15) is 5.10 Å². The molecule has 0 aliphatic rings. The van der Waals surface area contributed by atoms with Gasteiger partial charge in [-0.15, -0.1) is 0 Å². The Hall–Kier alpha value is -3.30. The lowest BCUT2D eigenvalue weighted by Crippen LogP contribution is -2.39. The Balaban J connectivity index is 1.72. The third-order valence-corrected chi connectivity index (χ3v) is 6.43. The summed E-state index contributed by atoms with van der Waals surface area (Å²) in [6, 6.07) is 15.9. The van der Waals surface area contributed by atoms with Gasteiger partial charge < -0.3 is 9.30 Å². The van der Waals surface area contributed by atoms with Crippen molar-refractivity contribution in [3.8, 4) is 11.4 Å². The Morgan fingerprint density at radius 3 is 2.50 bits per heavy atom. The Morgan fingerprint density at radius 1 is 1.18 bits per heavy atom. The molecule has 1 heterocycles. The van der Waals surface area contributed by atoms with Crippen LogP contribution in [0.3, 0.4) is 0 Å². The normalized spacial score (nSPS) is 11.6. The maximum absolute atomic E-state index is 12.5. The summed E-state index contributed by atoms with van der Waals surface area (Å²) in [6.45, 7) is 5.85. The number of hydrogen-bond acceptors (Lipinski definition) is 5. The highest BCUT2D eigenvalue weighted by atomic mass is 35.5. The van der Waals surface area contributed by atoms with Gasteiger partial charge in [-0.1, -0.05) is 17.7 Å². The summed E-state index contributed by atoms with van der Waals surface area (Å²) in [5.74, 6) is 0.0448. The molecule has 1 amide bonds. The topological polar surface area (TPSA) is 93.0 Å². The predicted molar refractivity (Wildman–Crippen MR) is 136 cm³/mol. The van der Waals surface area contributed by atoms with Crippen molar-refractivity contribution in [3.05, 3.63) is 76.6 Å². The number of benzene rings is 2. The van der Waals surface area contributed by atoms with Crippen LogP contribution < -0.4 is 14.5 Å². The fourth-order valence-electron chi connectivity index (χ4n) is 3.55. The molecule has 1 aromatic heterocycles. The van der Waals surface area contributed by atoms with E-state index in [4.69, 9.17) is 16.3 Å². The second-order valence-corrected chi connectivity index (χ2v) is 9.97. The fraction of sp³-hybridized carbons (Fsp3) is 0.250. The van der Waals surface area contributed by atoms with Crippen LogP contribution in [-0.4, -0.2) is 44.5 Å². The number of aryl methyl sites for hydroxylation is 1. The highest BCUT2D eigenvalue weighted by Crippen LogP contribution is 2.23. The number of sulfonamides is 1. The maximum Gasteiger partial charge on any atom is 0.260 e. The first kappa shape index (κ1) is 25.3. The number of nitrogens with zero attached hydrogens (tertiary/aromatic N) is 3. The molecular formula is C24H27ClN4O4S. The van der Waals surface area contributed by atoms with Crippen LogP contribution in [0, 0.1) is 13.8 Å². The minimum absolute atomic E-state index is 0.357. The monoisotopic (exact) mass is 502 g/mol. The van der Waals surface area contributed by atoms with Gasteiger partial charge in [0.25, 0.3) is 5.91 Å². The summed E-state index contributed by atoms with van der Waals surface area (Å²) in [4.78, 5) is 12.5. The Labute approximate surface area is 204 Å². The van der Waals surface area contributed by atoms with Gasteiger partial charge in [0.1, 0.15) is 12.3 Å². The smallest absolute Gasteiger partial charge is 0.260 e. The first-order valence-corrected chi connectivity index (χ1v) is 12.8. The number of amides is 1. The van der Waals surface area contributed by atoms with Crippen molar-refractivity contribution in [2.75, 3.05) is 23.7 Å². The van der Waals surface area contributed by atoms with Crippen molar-refractivity contribution < 1.29 is 17.9 Å². The number of ether oxygens (including phenoxy) is 1. The lowest BCUT2D eigenvalue weighted by Gasteiger charge is -2.21. The Morgan fingerprint density at radius 2 is 1.88 bits per heavy atom. The lowest BCUT2D eigenvalue weighted by atomic mass is 10.2. The van der Waals surface area contributed by atoms with Gasteiger partial charge in [0.2, 0.25) is 10.0 Å². The van der Waals surface area contributed by atoms with Gasteiger partial charge in [-0.05, 0) is 69.3 Å². The maximum atomic E-state index is 12.5. The average Bonchev–Trinajstić information content (AvgIpc) is 3.05. The van der Waals surface area contributed by atoms with Crippen molar-refractivity contribution in [1.29, 1.82) is 0 Å². The molecule has 0 saturated carbocycles. The molecule has 0 spiro atoms. The highest BCUT2D eigenvalue weighted by Gasteiger charge is 2.21. The molecule has 0 unspecified atom stereocenters. The number of rotatable bonds is 9. The molecule has 0 aliphatic carbocycles. The number of carbonyl (C=O) groups excluding carboxylic acids is 1. The summed E-state index contributed by atoms with van der Waals surface area (Å²) < 4.78 is 33.0. The molecule has 0 fully saturated rings. The molecule has 10 heteroatoms. The van der Waals surface area contributed by atoms with Gasteiger partial charge in [0.15, 0.2) is 0 Å². The number of anilines is 1.